The van der Waals surface area contributed by atoms with Gasteiger partial charge in [0.05, 0.1) is 11.1 Å². The Morgan fingerprint density at radius 2 is 1.09 bits per heavy atom. The molecule has 0 unspecified atom stereocenters. The van der Waals surface area contributed by atoms with Gasteiger partial charge in [0.25, 0.3) is 0 Å². The Balaban J connectivity index is 0.00000259. The topological polar surface area (TPSA) is 17.8 Å². The third-order valence-corrected chi connectivity index (χ3v) is 6.21. The van der Waals surface area contributed by atoms with E-state index in [1.807, 2.05) is 22.9 Å². The molecule has 1 heterocycles. The molecule has 0 saturated carbocycles. The van der Waals surface area contributed by atoms with Crippen molar-refractivity contribution < 1.29 is 21.1 Å². The molecule has 0 fully saturated rings. The Kier molecular flexibility index (Phi) is 6.77. The van der Waals surface area contributed by atoms with Crippen LogP contribution in [-0.2, 0) is 26.5 Å². The Morgan fingerprint density at radius 3 is 1.52 bits per heavy atom. The maximum absolute atomic E-state index is 5.01. The van der Waals surface area contributed by atoms with E-state index in [1.54, 1.807) is 0 Å². The van der Waals surface area contributed by atoms with Crippen LogP contribution in [0.1, 0.15) is 33.6 Å². The average molecular weight is 609 g/mol. The minimum absolute atomic E-state index is 0. The largest absolute Gasteiger partial charge is 0.262 e. The molecule has 0 aliphatic carbocycles. The zero-order chi connectivity index (χ0) is 22.0. The molecule has 0 bridgehead atoms. The van der Waals surface area contributed by atoms with E-state index in [0.717, 1.165) is 17.1 Å². The van der Waals surface area contributed by atoms with Crippen LogP contribution in [0.25, 0.3) is 5.69 Å². The van der Waals surface area contributed by atoms with Gasteiger partial charge in [0.1, 0.15) is 0 Å². The first-order valence-corrected chi connectivity index (χ1v) is 10.9. The normalized spacial score (nSPS) is 11.1. The minimum atomic E-state index is -0.495. The summed E-state index contributed by atoms with van der Waals surface area (Å²) in [5.74, 6) is 0. The number of para-hydroxylation sites is 1. The van der Waals surface area contributed by atoms with Gasteiger partial charge in [0.15, 0.2) is 0 Å². The number of hydrogen-bond donors (Lipinski definition) is 0. The van der Waals surface area contributed by atoms with E-state index in [1.165, 1.54) is 22.3 Å². The predicted octanol–water partition coefficient (Wildman–Crippen LogP) is 6.67. The zero-order valence-corrected chi connectivity index (χ0v) is 21.0. The first kappa shape index (κ1) is 23.0. The first-order chi connectivity index (χ1) is 15.7. The molecule has 33 heavy (non-hydrogen) atoms. The van der Waals surface area contributed by atoms with Crippen LogP contribution in [0.2, 0.25) is 0 Å². The fourth-order valence-electron chi connectivity index (χ4n) is 4.93. The van der Waals surface area contributed by atoms with Crippen LogP contribution < -0.4 is 0 Å². The Labute approximate surface area is 210 Å². The summed E-state index contributed by atoms with van der Waals surface area (Å²) in [4.78, 5) is 0. The quantitative estimate of drug-likeness (QED) is 0.161. The van der Waals surface area contributed by atoms with Crippen molar-refractivity contribution in [2.75, 3.05) is 0 Å². The summed E-state index contributed by atoms with van der Waals surface area (Å²) >= 11 is 0. The van der Waals surface area contributed by atoms with Gasteiger partial charge in [0.2, 0.25) is 0 Å². The Morgan fingerprint density at radius 1 is 0.636 bits per heavy atom. The van der Waals surface area contributed by atoms with Crippen molar-refractivity contribution in [1.29, 1.82) is 0 Å². The van der Waals surface area contributed by atoms with Gasteiger partial charge in [-0.1, -0.05) is 91.0 Å². The van der Waals surface area contributed by atoms with Crippen molar-refractivity contribution in [3.05, 3.63) is 155 Å². The van der Waals surface area contributed by atoms with Crippen molar-refractivity contribution in [1.82, 2.24) is 9.78 Å². The standard InChI is InChI=1S/C30H25N2.Pt/c1-23-29(24(2)32(31-23)28-21-13-6-14-22-28)30(25-15-7-3-8-16-25,26-17-9-4-10-18-26)27-19-11-5-12-20-27;/h3-21H,1-2H3;/q-1;. The molecule has 0 N–H and O–H groups in total. The Hall–Kier alpha value is -3.22. The van der Waals surface area contributed by atoms with E-state index in [-0.39, 0.29) is 21.1 Å². The number of hydrogen-bond acceptors (Lipinski definition) is 1. The summed E-state index contributed by atoms with van der Waals surface area (Å²) in [6, 6.07) is 43.7. The van der Waals surface area contributed by atoms with Gasteiger partial charge in [0, 0.05) is 32.3 Å². The fraction of sp³-hybridized carbons (Fsp3) is 0.100. The van der Waals surface area contributed by atoms with E-state index >= 15 is 0 Å². The first-order valence-electron chi connectivity index (χ1n) is 10.9. The van der Waals surface area contributed by atoms with E-state index in [0.29, 0.717) is 0 Å². The van der Waals surface area contributed by atoms with Gasteiger partial charge in [-0.3, -0.25) is 4.68 Å². The third-order valence-electron chi connectivity index (χ3n) is 6.21. The molecule has 0 aliphatic rings. The van der Waals surface area contributed by atoms with E-state index in [2.05, 4.69) is 117 Å². The van der Waals surface area contributed by atoms with Crippen molar-refractivity contribution in [2.24, 2.45) is 0 Å². The second kappa shape index (κ2) is 9.73. The summed E-state index contributed by atoms with van der Waals surface area (Å²) in [5, 5.41) is 5.01. The second-order valence-corrected chi connectivity index (χ2v) is 8.05. The summed E-state index contributed by atoms with van der Waals surface area (Å²) in [5.41, 5.74) is 7.45. The molecule has 5 aromatic rings. The molecule has 5 rings (SSSR count). The molecule has 2 nitrogen and oxygen atoms in total. The number of rotatable bonds is 5. The molecule has 0 spiro atoms. The van der Waals surface area contributed by atoms with Gasteiger partial charge in [-0.15, -0.1) is 6.07 Å². The molecular weight excluding hydrogens is 583 g/mol. The molecule has 3 heteroatoms. The van der Waals surface area contributed by atoms with Crippen molar-refractivity contribution in [3.8, 4) is 5.69 Å². The smallest absolute Gasteiger partial charge is 0.0737 e. The van der Waals surface area contributed by atoms with Gasteiger partial charge < -0.3 is 0 Å². The SMILES string of the molecule is Cc1nn(-c2[c-]cccc2)c(C)c1C(c1ccccc1)(c1ccccc1)c1ccccc1.[Pt]. The van der Waals surface area contributed by atoms with Crippen molar-refractivity contribution in [2.45, 2.75) is 19.3 Å². The molecule has 4 aromatic carbocycles. The monoisotopic (exact) mass is 608 g/mol. The summed E-state index contributed by atoms with van der Waals surface area (Å²) in [7, 11) is 0. The molecule has 166 valence electrons. The maximum Gasteiger partial charge on any atom is 0.0737 e. The summed E-state index contributed by atoms with van der Waals surface area (Å²) < 4.78 is 2.02. The van der Waals surface area contributed by atoms with Crippen LogP contribution in [0.3, 0.4) is 0 Å². The average Bonchev–Trinajstić information content (AvgIpc) is 3.17. The van der Waals surface area contributed by atoms with Crippen molar-refractivity contribution in [3.63, 3.8) is 0 Å². The van der Waals surface area contributed by atoms with Crippen LogP contribution in [0.15, 0.2) is 115 Å². The molecule has 0 radical (unpaired) electrons. The van der Waals surface area contributed by atoms with Gasteiger partial charge in [-0.05, 0) is 36.2 Å². The van der Waals surface area contributed by atoms with Crippen LogP contribution in [0.5, 0.6) is 0 Å². The molecular formula is C30H25N2Pt-. The van der Waals surface area contributed by atoms with Gasteiger partial charge in [-0.2, -0.15) is 29.4 Å². The summed E-state index contributed by atoms with van der Waals surface area (Å²) in [6.07, 6.45) is 0. The summed E-state index contributed by atoms with van der Waals surface area (Å²) in [6.45, 7) is 4.28. The number of nitrogens with zero attached hydrogens (tertiary/aromatic N) is 2. The Bertz CT molecular complexity index is 1210. The van der Waals surface area contributed by atoms with E-state index in [4.69, 9.17) is 5.10 Å². The molecule has 0 atom stereocenters. The molecule has 0 aliphatic heterocycles. The second-order valence-electron chi connectivity index (χ2n) is 8.05. The molecule has 0 saturated heterocycles. The van der Waals surface area contributed by atoms with Crippen LogP contribution in [0, 0.1) is 19.9 Å². The van der Waals surface area contributed by atoms with Gasteiger partial charge in [-0.25, -0.2) is 0 Å². The van der Waals surface area contributed by atoms with Crippen LogP contribution in [0.4, 0.5) is 0 Å². The van der Waals surface area contributed by atoms with E-state index < -0.39 is 5.41 Å². The van der Waals surface area contributed by atoms with E-state index in [9.17, 15) is 0 Å². The van der Waals surface area contributed by atoms with Crippen LogP contribution in [-0.4, -0.2) is 9.78 Å². The molecule has 1 aromatic heterocycles. The van der Waals surface area contributed by atoms with Crippen molar-refractivity contribution >= 4 is 0 Å². The predicted molar refractivity (Wildman–Crippen MR) is 130 cm³/mol. The molecule has 0 amide bonds. The zero-order valence-electron chi connectivity index (χ0n) is 18.7. The third kappa shape index (κ3) is 3.90. The maximum atomic E-state index is 5.01. The minimum Gasteiger partial charge on any atom is -0.262 e. The number of benzene rings is 4. The fourth-order valence-corrected chi connectivity index (χ4v) is 4.93. The van der Waals surface area contributed by atoms with Gasteiger partial charge >= 0.3 is 0 Å². The number of aryl methyl sites for hydroxylation is 1. The number of aromatic nitrogens is 2. The van der Waals surface area contributed by atoms with Crippen LogP contribution >= 0.6 is 0 Å².